The molecular formula is C48H81N5. The standard InChI is InChI=1S/C48H81N5/c1-11-40(5)30-31-42(7)50-37-27-23-25-28-41(6)49-36-26-22-20-18-16-14-13-15-17-19-21-24-29-43(8)53-48(39(3)4)45(10)51-38-44(9)52-47-34-32-46(12-2)33-35-47/h30-35,39,48-53H,5-29,36-38H2,1-4H3/b31-30-. The lowest BCUT2D eigenvalue weighted by atomic mass is 10.00. The molecule has 1 aromatic carbocycles. The molecule has 0 saturated carbocycles. The maximum atomic E-state index is 4.34. The molecule has 5 nitrogen and oxygen atoms in total. The lowest BCUT2D eigenvalue weighted by Gasteiger charge is -2.28. The van der Waals surface area contributed by atoms with Crippen LogP contribution in [-0.4, -0.2) is 25.7 Å². The van der Waals surface area contributed by atoms with Crippen LogP contribution in [0.25, 0.3) is 0 Å². The molecule has 0 saturated heterocycles. The summed E-state index contributed by atoms with van der Waals surface area (Å²) in [5.41, 5.74) is 8.71. The van der Waals surface area contributed by atoms with Crippen molar-refractivity contribution in [3.63, 3.8) is 0 Å². The lowest BCUT2D eigenvalue weighted by Crippen LogP contribution is -2.40. The smallest absolute Gasteiger partial charge is 0.0673 e. The van der Waals surface area contributed by atoms with Crippen molar-refractivity contribution in [1.82, 2.24) is 21.3 Å². The Hall–Kier alpha value is -3.60. The van der Waals surface area contributed by atoms with Crippen LogP contribution in [-0.2, 0) is 6.42 Å². The van der Waals surface area contributed by atoms with Gasteiger partial charge in [0, 0.05) is 47.3 Å². The van der Waals surface area contributed by atoms with Crippen LogP contribution in [0.1, 0.15) is 149 Å². The summed E-state index contributed by atoms with van der Waals surface area (Å²) in [6.07, 6.45) is 27.7. The fraction of sp³-hybridized carbons (Fsp3) is 0.583. The number of unbranched alkanes of at least 4 members (excludes halogenated alkanes) is 13. The summed E-state index contributed by atoms with van der Waals surface area (Å²) in [7, 11) is 0. The van der Waals surface area contributed by atoms with Crippen molar-refractivity contribution in [2.24, 2.45) is 5.92 Å². The van der Waals surface area contributed by atoms with E-state index in [4.69, 9.17) is 0 Å². The summed E-state index contributed by atoms with van der Waals surface area (Å²) in [6.45, 7) is 36.6. The van der Waals surface area contributed by atoms with E-state index < -0.39 is 0 Å². The third-order valence-electron chi connectivity index (χ3n) is 9.88. The predicted octanol–water partition coefficient (Wildman–Crippen LogP) is 12.8. The molecule has 1 atom stereocenters. The molecule has 1 rings (SSSR count). The Morgan fingerprint density at radius 2 is 1.09 bits per heavy atom. The van der Waals surface area contributed by atoms with Crippen molar-refractivity contribution >= 4 is 5.69 Å². The Morgan fingerprint density at radius 1 is 0.585 bits per heavy atom. The van der Waals surface area contributed by atoms with Crippen molar-refractivity contribution in [3.8, 4) is 0 Å². The highest BCUT2D eigenvalue weighted by Gasteiger charge is 2.17. The zero-order chi connectivity index (χ0) is 39.1. The average Bonchev–Trinajstić information content (AvgIpc) is 3.14. The molecule has 1 unspecified atom stereocenters. The first kappa shape index (κ1) is 47.4. The van der Waals surface area contributed by atoms with Gasteiger partial charge in [-0.2, -0.15) is 0 Å². The molecule has 0 aromatic heterocycles. The minimum absolute atomic E-state index is 0.141. The Balaban J connectivity index is 1.96. The highest BCUT2D eigenvalue weighted by atomic mass is 15.0. The number of hydrogen-bond donors (Lipinski definition) is 5. The predicted molar refractivity (Wildman–Crippen MR) is 238 cm³/mol. The van der Waals surface area contributed by atoms with Gasteiger partial charge in [0.25, 0.3) is 0 Å². The minimum Gasteiger partial charge on any atom is -0.389 e. The van der Waals surface area contributed by atoms with E-state index in [1.165, 1.54) is 101 Å². The summed E-state index contributed by atoms with van der Waals surface area (Å²) < 4.78 is 0. The van der Waals surface area contributed by atoms with Gasteiger partial charge < -0.3 is 26.6 Å². The van der Waals surface area contributed by atoms with Crippen LogP contribution in [0.5, 0.6) is 0 Å². The number of anilines is 1. The maximum Gasteiger partial charge on any atom is 0.0673 e. The van der Waals surface area contributed by atoms with Crippen molar-refractivity contribution in [2.45, 2.75) is 156 Å². The number of hydrogen-bond acceptors (Lipinski definition) is 5. The van der Waals surface area contributed by atoms with Gasteiger partial charge in [0.15, 0.2) is 0 Å². The van der Waals surface area contributed by atoms with Gasteiger partial charge in [0.05, 0.1) is 12.6 Å². The van der Waals surface area contributed by atoms with E-state index in [0.29, 0.717) is 12.5 Å². The SMILES string of the molecule is C=C(/C=C\C(=C)NCCCCCC(=C)NCCCCCCCCCCCCCCC(=C)NC(C(=C)NCC(=C)Nc1ccc(CC)cc1)C(C)C)CC. The highest BCUT2D eigenvalue weighted by molar-refractivity contribution is 5.49. The topological polar surface area (TPSA) is 60.1 Å². The molecule has 0 radical (unpaired) electrons. The Bertz CT molecular complexity index is 1220. The molecular weight excluding hydrogens is 647 g/mol. The maximum absolute atomic E-state index is 4.34. The van der Waals surface area contributed by atoms with Gasteiger partial charge >= 0.3 is 0 Å². The molecule has 0 aliphatic carbocycles. The van der Waals surface area contributed by atoms with Crippen LogP contribution >= 0.6 is 0 Å². The molecule has 0 aliphatic heterocycles. The average molecular weight is 728 g/mol. The van der Waals surface area contributed by atoms with Gasteiger partial charge in [-0.1, -0.05) is 162 Å². The first-order valence-corrected chi connectivity index (χ1v) is 21.2. The largest absolute Gasteiger partial charge is 0.389 e. The van der Waals surface area contributed by atoms with Crippen molar-refractivity contribution in [2.75, 3.05) is 25.0 Å². The molecule has 0 spiro atoms. The van der Waals surface area contributed by atoms with Gasteiger partial charge in [-0.25, -0.2) is 0 Å². The molecule has 0 heterocycles. The van der Waals surface area contributed by atoms with Crippen molar-refractivity contribution < 1.29 is 0 Å². The first-order valence-electron chi connectivity index (χ1n) is 21.2. The summed E-state index contributed by atoms with van der Waals surface area (Å²) in [4.78, 5) is 0. The molecule has 0 aliphatic rings. The van der Waals surface area contributed by atoms with Crippen LogP contribution in [0, 0.1) is 5.92 Å². The Morgan fingerprint density at radius 3 is 1.64 bits per heavy atom. The van der Waals surface area contributed by atoms with Crippen LogP contribution in [0.4, 0.5) is 5.69 Å². The highest BCUT2D eigenvalue weighted by Crippen LogP contribution is 2.17. The van der Waals surface area contributed by atoms with Crippen LogP contribution in [0.3, 0.4) is 0 Å². The molecule has 1 aromatic rings. The second-order valence-corrected chi connectivity index (χ2v) is 15.3. The Labute approximate surface area is 328 Å². The summed E-state index contributed by atoms with van der Waals surface area (Å²) in [5.74, 6) is 0.406. The zero-order valence-corrected chi connectivity index (χ0v) is 34.9. The molecule has 298 valence electrons. The number of rotatable bonds is 36. The van der Waals surface area contributed by atoms with Crippen LogP contribution in [0.2, 0.25) is 0 Å². The monoisotopic (exact) mass is 728 g/mol. The Kier molecular flexibility index (Phi) is 27.6. The summed E-state index contributed by atoms with van der Waals surface area (Å²) in [6, 6.07) is 8.67. The van der Waals surface area contributed by atoms with Crippen molar-refractivity contribution in [1.29, 1.82) is 0 Å². The number of benzene rings is 1. The van der Waals surface area contributed by atoms with Crippen LogP contribution in [0.15, 0.2) is 110 Å². The van der Waals surface area contributed by atoms with Gasteiger partial charge in [-0.05, 0) is 81.1 Å². The molecule has 53 heavy (non-hydrogen) atoms. The fourth-order valence-electron chi connectivity index (χ4n) is 6.22. The fourth-order valence-corrected chi connectivity index (χ4v) is 6.22. The normalized spacial score (nSPS) is 11.6. The summed E-state index contributed by atoms with van der Waals surface area (Å²) >= 11 is 0. The van der Waals surface area contributed by atoms with Crippen molar-refractivity contribution in [3.05, 3.63) is 116 Å². The van der Waals surface area contributed by atoms with E-state index in [-0.39, 0.29) is 6.04 Å². The minimum atomic E-state index is 0.141. The van der Waals surface area contributed by atoms with E-state index in [0.717, 1.165) is 79.2 Å². The van der Waals surface area contributed by atoms with Crippen LogP contribution < -0.4 is 26.6 Å². The van der Waals surface area contributed by atoms with E-state index in [1.54, 1.807) is 0 Å². The molecule has 5 N–H and O–H groups in total. The van der Waals surface area contributed by atoms with Gasteiger partial charge in [0.1, 0.15) is 0 Å². The van der Waals surface area contributed by atoms with E-state index in [2.05, 4.69) is 118 Å². The van der Waals surface area contributed by atoms with Gasteiger partial charge in [-0.3, -0.25) is 0 Å². The molecule has 5 heteroatoms. The lowest BCUT2D eigenvalue weighted by molar-refractivity contribution is 0.452. The zero-order valence-electron chi connectivity index (χ0n) is 34.9. The second kappa shape index (κ2) is 30.8. The van der Waals surface area contributed by atoms with E-state index in [9.17, 15) is 0 Å². The molecule has 0 amide bonds. The molecule has 0 fully saturated rings. The van der Waals surface area contributed by atoms with Gasteiger partial charge in [-0.15, -0.1) is 0 Å². The molecule has 0 bridgehead atoms. The number of nitrogens with one attached hydrogen (secondary N) is 5. The number of aryl methyl sites for hydroxylation is 1. The van der Waals surface area contributed by atoms with E-state index >= 15 is 0 Å². The third-order valence-corrected chi connectivity index (χ3v) is 9.88. The van der Waals surface area contributed by atoms with Gasteiger partial charge in [0.2, 0.25) is 0 Å². The van der Waals surface area contributed by atoms with E-state index in [1.807, 2.05) is 12.2 Å². The third kappa shape index (κ3) is 25.9. The second-order valence-electron chi connectivity index (χ2n) is 15.3. The number of allylic oxidation sites excluding steroid dienone is 5. The first-order chi connectivity index (χ1) is 25.5. The summed E-state index contributed by atoms with van der Waals surface area (Å²) in [5, 5.41) is 17.5. The quantitative estimate of drug-likeness (QED) is 0.0352.